The largest absolute Gasteiger partial charge is 0.444 e. The highest BCUT2D eigenvalue weighted by Gasteiger charge is 2.29. The highest BCUT2D eigenvalue weighted by molar-refractivity contribution is 5.68. The van der Waals surface area contributed by atoms with Crippen molar-refractivity contribution in [3.8, 4) is 0 Å². The van der Waals surface area contributed by atoms with Gasteiger partial charge in [0.05, 0.1) is 19.3 Å². The molecule has 0 saturated carbocycles. The van der Waals surface area contributed by atoms with E-state index in [0.717, 1.165) is 6.42 Å². The van der Waals surface area contributed by atoms with Gasteiger partial charge < -0.3 is 14.8 Å². The van der Waals surface area contributed by atoms with Crippen LogP contribution in [-0.4, -0.2) is 30.9 Å². The molecule has 1 aliphatic rings. The molecule has 0 radical (unpaired) electrons. The van der Waals surface area contributed by atoms with Gasteiger partial charge in [0.25, 0.3) is 0 Å². The average Bonchev–Trinajstić information content (AvgIpc) is 2.50. The summed E-state index contributed by atoms with van der Waals surface area (Å²) < 4.78 is 10.5. The number of hydrogen-bond donors (Lipinski definition) is 1. The molecule has 0 aromatic carbocycles. The van der Waals surface area contributed by atoms with E-state index < -0.39 is 5.60 Å². The fourth-order valence-corrected chi connectivity index (χ4v) is 1.66. The maximum absolute atomic E-state index is 11.5. The Hall–Kier alpha value is -1.03. The van der Waals surface area contributed by atoms with Crippen LogP contribution in [0.1, 0.15) is 27.2 Å². The van der Waals surface area contributed by atoms with Gasteiger partial charge in [0, 0.05) is 5.92 Å². The number of nitrogens with one attached hydrogen (secondary N) is 1. The highest BCUT2D eigenvalue weighted by Crippen LogP contribution is 2.18. The molecule has 1 aliphatic heterocycles. The van der Waals surface area contributed by atoms with Crippen molar-refractivity contribution in [1.82, 2.24) is 5.32 Å². The monoisotopic (exact) mass is 227 g/mol. The third kappa shape index (κ3) is 4.23. The second-order valence-corrected chi connectivity index (χ2v) is 5.07. The Balaban J connectivity index is 2.41. The molecule has 1 rings (SSSR count). The van der Waals surface area contributed by atoms with E-state index in [1.54, 1.807) is 0 Å². The van der Waals surface area contributed by atoms with Gasteiger partial charge >= 0.3 is 6.09 Å². The van der Waals surface area contributed by atoms with E-state index in [4.69, 9.17) is 9.47 Å². The van der Waals surface area contributed by atoms with Crippen molar-refractivity contribution in [2.75, 3.05) is 13.2 Å². The molecule has 0 unspecified atom stereocenters. The maximum atomic E-state index is 11.5. The summed E-state index contributed by atoms with van der Waals surface area (Å²) in [5.41, 5.74) is -0.461. The van der Waals surface area contributed by atoms with Crippen LogP contribution < -0.4 is 5.32 Å². The van der Waals surface area contributed by atoms with Gasteiger partial charge in [0.2, 0.25) is 0 Å². The summed E-state index contributed by atoms with van der Waals surface area (Å²) in [4.78, 5) is 11.5. The quantitative estimate of drug-likeness (QED) is 0.751. The van der Waals surface area contributed by atoms with Crippen LogP contribution in [0.4, 0.5) is 4.79 Å². The van der Waals surface area contributed by atoms with Crippen molar-refractivity contribution in [1.29, 1.82) is 0 Å². The SMILES string of the molecule is C=CC[C@H]1COC[C@H]1NC(=O)OC(C)(C)C. The van der Waals surface area contributed by atoms with Crippen molar-refractivity contribution in [2.24, 2.45) is 5.92 Å². The van der Waals surface area contributed by atoms with Gasteiger partial charge in [-0.2, -0.15) is 0 Å². The molecule has 4 heteroatoms. The number of carbonyl (C=O) groups excluding carboxylic acids is 1. The van der Waals surface area contributed by atoms with Gasteiger partial charge in [-0.05, 0) is 27.2 Å². The minimum Gasteiger partial charge on any atom is -0.444 e. The second kappa shape index (κ2) is 5.34. The second-order valence-electron chi connectivity index (χ2n) is 5.07. The maximum Gasteiger partial charge on any atom is 0.407 e. The lowest BCUT2D eigenvalue weighted by molar-refractivity contribution is 0.0491. The summed E-state index contributed by atoms with van der Waals surface area (Å²) in [6.07, 6.45) is 2.32. The Kier molecular flexibility index (Phi) is 4.35. The average molecular weight is 227 g/mol. The van der Waals surface area contributed by atoms with Crippen molar-refractivity contribution in [3.63, 3.8) is 0 Å². The molecule has 0 spiro atoms. The number of rotatable bonds is 3. The van der Waals surface area contributed by atoms with E-state index in [9.17, 15) is 4.79 Å². The van der Waals surface area contributed by atoms with Crippen LogP contribution in [-0.2, 0) is 9.47 Å². The standard InChI is InChI=1S/C12H21NO3/c1-5-6-9-7-15-8-10(9)13-11(14)16-12(2,3)4/h5,9-10H,1,6-8H2,2-4H3,(H,13,14)/t9-,10+/m0/s1. The first-order valence-corrected chi connectivity index (χ1v) is 5.60. The molecule has 0 aromatic rings. The van der Waals surface area contributed by atoms with Crippen LogP contribution in [0.5, 0.6) is 0 Å². The van der Waals surface area contributed by atoms with Gasteiger partial charge in [0.1, 0.15) is 5.60 Å². The first-order chi connectivity index (χ1) is 7.42. The minimum atomic E-state index is -0.461. The lowest BCUT2D eigenvalue weighted by Crippen LogP contribution is -2.42. The van der Waals surface area contributed by atoms with Gasteiger partial charge in [-0.3, -0.25) is 0 Å². The molecule has 16 heavy (non-hydrogen) atoms. The summed E-state index contributed by atoms with van der Waals surface area (Å²) in [6, 6.07) is 0.0350. The minimum absolute atomic E-state index is 0.0350. The van der Waals surface area contributed by atoms with E-state index >= 15 is 0 Å². The van der Waals surface area contributed by atoms with Crippen molar-refractivity contribution < 1.29 is 14.3 Å². The van der Waals surface area contributed by atoms with Gasteiger partial charge in [-0.25, -0.2) is 4.79 Å². The van der Waals surface area contributed by atoms with Gasteiger partial charge in [-0.15, -0.1) is 6.58 Å². The number of carbonyl (C=O) groups is 1. The molecule has 1 saturated heterocycles. The lowest BCUT2D eigenvalue weighted by atomic mass is 10.0. The van der Waals surface area contributed by atoms with Crippen LogP contribution in [0, 0.1) is 5.92 Å². The van der Waals surface area contributed by atoms with Crippen LogP contribution in [0.25, 0.3) is 0 Å². The number of allylic oxidation sites excluding steroid dienone is 1. The third-order valence-corrected chi connectivity index (χ3v) is 2.37. The fourth-order valence-electron chi connectivity index (χ4n) is 1.66. The molecular formula is C12H21NO3. The molecule has 1 amide bonds. The van der Waals surface area contributed by atoms with E-state index in [0.29, 0.717) is 19.1 Å². The van der Waals surface area contributed by atoms with E-state index in [-0.39, 0.29) is 12.1 Å². The van der Waals surface area contributed by atoms with E-state index in [1.165, 1.54) is 0 Å². The molecule has 4 nitrogen and oxygen atoms in total. The van der Waals surface area contributed by atoms with Crippen molar-refractivity contribution >= 4 is 6.09 Å². The molecule has 92 valence electrons. The summed E-state index contributed by atoms with van der Waals surface area (Å²) in [5, 5.41) is 2.84. The zero-order valence-corrected chi connectivity index (χ0v) is 10.3. The van der Waals surface area contributed by atoms with Crippen LogP contribution >= 0.6 is 0 Å². The number of hydrogen-bond acceptors (Lipinski definition) is 3. The highest BCUT2D eigenvalue weighted by atomic mass is 16.6. The molecule has 1 fully saturated rings. The van der Waals surface area contributed by atoms with Gasteiger partial charge in [0.15, 0.2) is 0 Å². The molecular weight excluding hydrogens is 206 g/mol. The Morgan fingerprint density at radius 2 is 2.25 bits per heavy atom. The van der Waals surface area contributed by atoms with Crippen LogP contribution in [0.2, 0.25) is 0 Å². The number of alkyl carbamates (subject to hydrolysis) is 1. The topological polar surface area (TPSA) is 47.6 Å². The predicted molar refractivity (Wildman–Crippen MR) is 62.3 cm³/mol. The molecule has 0 aromatic heterocycles. The Bertz CT molecular complexity index is 257. The fraction of sp³-hybridized carbons (Fsp3) is 0.750. The lowest BCUT2D eigenvalue weighted by Gasteiger charge is -2.23. The molecule has 1 N–H and O–H groups in total. The summed E-state index contributed by atoms with van der Waals surface area (Å²) >= 11 is 0. The molecule has 1 heterocycles. The Morgan fingerprint density at radius 3 is 2.81 bits per heavy atom. The van der Waals surface area contributed by atoms with Crippen molar-refractivity contribution in [3.05, 3.63) is 12.7 Å². The number of amides is 1. The summed E-state index contributed by atoms with van der Waals surface area (Å²) in [6.45, 7) is 10.5. The number of ether oxygens (including phenoxy) is 2. The molecule has 0 bridgehead atoms. The predicted octanol–water partition coefficient (Wildman–Crippen LogP) is 2.10. The summed E-state index contributed by atoms with van der Waals surface area (Å²) in [7, 11) is 0. The first kappa shape index (κ1) is 13.0. The van der Waals surface area contributed by atoms with Gasteiger partial charge in [-0.1, -0.05) is 6.08 Å². The van der Waals surface area contributed by atoms with E-state index in [2.05, 4.69) is 11.9 Å². The smallest absolute Gasteiger partial charge is 0.407 e. The molecule has 0 aliphatic carbocycles. The normalized spacial score (nSPS) is 25.2. The molecule has 2 atom stereocenters. The Labute approximate surface area is 97.0 Å². The van der Waals surface area contributed by atoms with E-state index in [1.807, 2.05) is 26.8 Å². The zero-order valence-electron chi connectivity index (χ0n) is 10.3. The first-order valence-electron chi connectivity index (χ1n) is 5.60. The summed E-state index contributed by atoms with van der Waals surface area (Å²) in [5.74, 6) is 0.310. The van der Waals surface area contributed by atoms with Crippen molar-refractivity contribution in [2.45, 2.75) is 38.8 Å². The third-order valence-electron chi connectivity index (χ3n) is 2.37. The van der Waals surface area contributed by atoms with Crippen LogP contribution in [0.3, 0.4) is 0 Å². The Morgan fingerprint density at radius 1 is 1.56 bits per heavy atom. The van der Waals surface area contributed by atoms with Crippen LogP contribution in [0.15, 0.2) is 12.7 Å². The zero-order chi connectivity index (χ0) is 12.2.